The Kier molecular flexibility index (Phi) is 7.04. The van der Waals surface area contributed by atoms with Crippen molar-refractivity contribution in [2.45, 2.75) is 25.9 Å². The number of benzene rings is 2. The summed E-state index contributed by atoms with van der Waals surface area (Å²) < 4.78 is 5.42. The van der Waals surface area contributed by atoms with E-state index in [9.17, 15) is 14.4 Å². The first-order chi connectivity index (χ1) is 14.9. The molecule has 2 aromatic carbocycles. The molecule has 0 aromatic heterocycles. The summed E-state index contributed by atoms with van der Waals surface area (Å²) in [4.78, 5) is 39.3. The first kappa shape index (κ1) is 22.0. The number of carbonyl (C=O) groups is 3. The van der Waals surface area contributed by atoms with Crippen LogP contribution in [0.3, 0.4) is 0 Å². The second-order valence-corrected chi connectivity index (χ2v) is 7.12. The predicted octanol–water partition coefficient (Wildman–Crippen LogP) is 2.99. The number of ether oxygens (including phenoxy) is 1. The fourth-order valence-electron chi connectivity index (χ4n) is 3.30. The summed E-state index contributed by atoms with van der Waals surface area (Å²) in [6.45, 7) is 3.08. The van der Waals surface area contributed by atoms with Crippen LogP contribution in [0.15, 0.2) is 60.2 Å². The number of aliphatic carboxylic acids is 1. The van der Waals surface area contributed by atoms with Gasteiger partial charge in [-0.2, -0.15) is 0 Å². The summed E-state index contributed by atoms with van der Waals surface area (Å²) in [5, 5.41) is 11.3. The molecule has 31 heavy (non-hydrogen) atoms. The van der Waals surface area contributed by atoms with Gasteiger partial charge in [0.1, 0.15) is 6.61 Å². The summed E-state index contributed by atoms with van der Waals surface area (Å²) in [5.74, 6) is -1.82. The summed E-state index contributed by atoms with van der Waals surface area (Å²) in [6, 6.07) is 16.1. The fraction of sp³-hybridized carbons (Fsp3) is 0.261. The Morgan fingerprint density at radius 3 is 2.23 bits per heavy atom. The summed E-state index contributed by atoms with van der Waals surface area (Å²) >= 11 is 0. The maximum atomic E-state index is 12.1. The summed E-state index contributed by atoms with van der Waals surface area (Å²) in [6.07, 6.45) is -0.288. The van der Waals surface area contributed by atoms with Crippen molar-refractivity contribution in [3.05, 3.63) is 71.3 Å². The Balaban J connectivity index is 1.49. The quantitative estimate of drug-likeness (QED) is 0.443. The molecule has 1 aliphatic carbocycles. The molecule has 0 saturated carbocycles. The first-order valence-electron chi connectivity index (χ1n) is 9.83. The average Bonchev–Trinajstić information content (AvgIpc) is 3.09. The van der Waals surface area contributed by atoms with Gasteiger partial charge in [-0.15, -0.1) is 0 Å². The third-order valence-electron chi connectivity index (χ3n) is 5.03. The number of amides is 2. The minimum Gasteiger partial charge on any atom is -0.479 e. The van der Waals surface area contributed by atoms with E-state index in [1.807, 2.05) is 36.4 Å². The highest BCUT2D eigenvalue weighted by atomic mass is 16.7. The molecule has 2 amide bonds. The van der Waals surface area contributed by atoms with Gasteiger partial charge in [0.15, 0.2) is 6.10 Å². The van der Waals surface area contributed by atoms with Gasteiger partial charge in [-0.1, -0.05) is 54.6 Å². The standard InChI is InChI=1S/C23H24N2O6/c1-14(21(26)25-31-15(2)22(27)28)11-12-24-23(29)30-13-20-18-9-5-3-7-16(18)17-8-4-6-10-19(17)20/h3-11,15,20H,12-13H2,1-2H3,(H,24,29)(H,25,26)(H,27,28)/b14-11+. The lowest BCUT2D eigenvalue weighted by molar-refractivity contribution is -0.157. The maximum absolute atomic E-state index is 12.1. The van der Waals surface area contributed by atoms with Gasteiger partial charge < -0.3 is 15.2 Å². The van der Waals surface area contributed by atoms with E-state index in [1.165, 1.54) is 19.9 Å². The molecule has 3 rings (SSSR count). The number of rotatable bonds is 8. The Labute approximate surface area is 179 Å². The van der Waals surface area contributed by atoms with Gasteiger partial charge in [0, 0.05) is 18.0 Å². The monoisotopic (exact) mass is 424 g/mol. The summed E-state index contributed by atoms with van der Waals surface area (Å²) in [7, 11) is 0. The van der Waals surface area contributed by atoms with Gasteiger partial charge in [0.2, 0.25) is 0 Å². The molecule has 2 aromatic rings. The first-order valence-corrected chi connectivity index (χ1v) is 9.83. The van der Waals surface area contributed by atoms with E-state index in [0.717, 1.165) is 22.3 Å². The van der Waals surface area contributed by atoms with Crippen molar-refractivity contribution in [3.8, 4) is 11.1 Å². The number of alkyl carbamates (subject to hydrolysis) is 1. The third kappa shape index (κ3) is 5.29. The van der Waals surface area contributed by atoms with Crippen LogP contribution < -0.4 is 10.8 Å². The Morgan fingerprint density at radius 1 is 1.06 bits per heavy atom. The third-order valence-corrected chi connectivity index (χ3v) is 5.03. The highest BCUT2D eigenvalue weighted by Gasteiger charge is 2.28. The van der Waals surface area contributed by atoms with E-state index in [1.54, 1.807) is 0 Å². The summed E-state index contributed by atoms with van der Waals surface area (Å²) in [5.41, 5.74) is 6.86. The van der Waals surface area contributed by atoms with Gasteiger partial charge >= 0.3 is 12.1 Å². The number of nitrogens with one attached hydrogen (secondary N) is 2. The second-order valence-electron chi connectivity index (χ2n) is 7.12. The molecule has 0 heterocycles. The Hall–Kier alpha value is -3.65. The number of hydrogen-bond donors (Lipinski definition) is 3. The molecular weight excluding hydrogens is 400 g/mol. The Bertz CT molecular complexity index is 971. The molecule has 1 unspecified atom stereocenters. The highest BCUT2D eigenvalue weighted by molar-refractivity contribution is 5.92. The smallest absolute Gasteiger partial charge is 0.407 e. The topological polar surface area (TPSA) is 114 Å². The van der Waals surface area contributed by atoms with Crippen molar-refractivity contribution in [2.24, 2.45) is 0 Å². The normalized spacial score (nSPS) is 13.7. The van der Waals surface area contributed by atoms with Crippen molar-refractivity contribution in [3.63, 3.8) is 0 Å². The second kappa shape index (κ2) is 9.90. The molecule has 1 atom stereocenters. The molecule has 8 heteroatoms. The van der Waals surface area contributed by atoms with Crippen LogP contribution >= 0.6 is 0 Å². The number of fused-ring (bicyclic) bond motifs is 3. The van der Waals surface area contributed by atoms with Gasteiger partial charge in [0.05, 0.1) is 0 Å². The maximum Gasteiger partial charge on any atom is 0.407 e. The molecule has 0 aliphatic heterocycles. The van der Waals surface area contributed by atoms with Gasteiger partial charge in [0.25, 0.3) is 5.91 Å². The van der Waals surface area contributed by atoms with Crippen LogP contribution in [-0.4, -0.2) is 42.3 Å². The van der Waals surface area contributed by atoms with Crippen LogP contribution in [0.1, 0.15) is 30.9 Å². The van der Waals surface area contributed by atoms with Crippen LogP contribution in [0.25, 0.3) is 11.1 Å². The minimum absolute atomic E-state index is 0.0328. The molecule has 0 radical (unpaired) electrons. The van der Waals surface area contributed by atoms with E-state index >= 15 is 0 Å². The Morgan fingerprint density at radius 2 is 1.65 bits per heavy atom. The SMILES string of the molecule is C/C(=C\CNC(=O)OCC1c2ccccc2-c2ccccc21)C(=O)NOC(C)C(=O)O. The number of carbonyl (C=O) groups excluding carboxylic acids is 2. The number of carboxylic acid groups (broad SMARTS) is 1. The fourth-order valence-corrected chi connectivity index (χ4v) is 3.30. The zero-order chi connectivity index (χ0) is 22.4. The van der Waals surface area contributed by atoms with E-state index in [4.69, 9.17) is 14.7 Å². The molecule has 0 fully saturated rings. The molecular formula is C23H24N2O6. The van der Waals surface area contributed by atoms with E-state index in [2.05, 4.69) is 22.9 Å². The van der Waals surface area contributed by atoms with Crippen molar-refractivity contribution in [1.29, 1.82) is 0 Å². The van der Waals surface area contributed by atoms with Gasteiger partial charge in [-0.25, -0.2) is 15.1 Å². The van der Waals surface area contributed by atoms with Crippen LogP contribution in [0.4, 0.5) is 4.79 Å². The predicted molar refractivity (Wildman–Crippen MR) is 113 cm³/mol. The number of hydrogen-bond acceptors (Lipinski definition) is 5. The zero-order valence-electron chi connectivity index (χ0n) is 17.3. The largest absolute Gasteiger partial charge is 0.479 e. The lowest BCUT2D eigenvalue weighted by Crippen LogP contribution is -2.33. The van der Waals surface area contributed by atoms with E-state index in [-0.39, 0.29) is 24.6 Å². The van der Waals surface area contributed by atoms with Gasteiger partial charge in [-0.3, -0.25) is 9.63 Å². The van der Waals surface area contributed by atoms with Crippen LogP contribution in [0.2, 0.25) is 0 Å². The highest BCUT2D eigenvalue weighted by Crippen LogP contribution is 2.44. The van der Waals surface area contributed by atoms with Crippen LogP contribution in [0, 0.1) is 0 Å². The number of carboxylic acids is 1. The molecule has 3 N–H and O–H groups in total. The van der Waals surface area contributed by atoms with Crippen molar-refractivity contribution < 1.29 is 29.1 Å². The van der Waals surface area contributed by atoms with E-state index < -0.39 is 24.1 Å². The molecule has 0 bridgehead atoms. The van der Waals surface area contributed by atoms with Crippen LogP contribution in [0.5, 0.6) is 0 Å². The molecule has 1 aliphatic rings. The van der Waals surface area contributed by atoms with Crippen LogP contribution in [-0.2, 0) is 19.2 Å². The molecule has 8 nitrogen and oxygen atoms in total. The molecule has 162 valence electrons. The zero-order valence-corrected chi connectivity index (χ0v) is 17.3. The van der Waals surface area contributed by atoms with Crippen molar-refractivity contribution >= 4 is 18.0 Å². The average molecular weight is 424 g/mol. The minimum atomic E-state index is -1.20. The van der Waals surface area contributed by atoms with E-state index in [0.29, 0.717) is 0 Å². The lowest BCUT2D eigenvalue weighted by Gasteiger charge is -2.14. The molecule has 0 saturated heterocycles. The molecule has 0 spiro atoms. The van der Waals surface area contributed by atoms with Crippen molar-refractivity contribution in [2.75, 3.05) is 13.2 Å². The van der Waals surface area contributed by atoms with Gasteiger partial charge in [-0.05, 0) is 36.1 Å². The van der Waals surface area contributed by atoms with Crippen molar-refractivity contribution in [1.82, 2.24) is 10.8 Å². The lowest BCUT2D eigenvalue weighted by atomic mass is 9.98. The number of hydroxylamine groups is 1.